The van der Waals surface area contributed by atoms with E-state index in [1.54, 1.807) is 12.5 Å². The Morgan fingerprint density at radius 3 is 2.58 bits per heavy atom. The van der Waals surface area contributed by atoms with Crippen molar-refractivity contribution >= 4 is 16.9 Å². The van der Waals surface area contributed by atoms with Crippen LogP contribution in [-0.4, -0.2) is 24.5 Å². The number of hydrogen-bond donors (Lipinski definition) is 1. The minimum Gasteiger partial charge on any atom is -0.364 e. The first-order valence-electron chi connectivity index (χ1n) is 7.70. The predicted molar refractivity (Wildman–Crippen MR) is 93.0 cm³/mol. The molecule has 4 aromatic rings. The van der Waals surface area contributed by atoms with E-state index in [0.717, 1.165) is 33.9 Å². The van der Waals surface area contributed by atoms with Gasteiger partial charge in [-0.25, -0.2) is 19.9 Å². The molecule has 0 unspecified atom stereocenters. The molecule has 6 heteroatoms. The molecule has 0 radical (unpaired) electrons. The standard InChI is InChI=1S/C18H16N6/c1-13-18(23-16-5-3-2-4-15(16)22-13)21-11-14-6-7-17(20-10-14)24-9-8-19-12-24/h2-10,12H,11H2,1H3,(H,21,23). The molecule has 0 amide bonds. The summed E-state index contributed by atoms with van der Waals surface area (Å²) >= 11 is 0. The maximum Gasteiger partial charge on any atom is 0.148 e. The second-order valence-electron chi connectivity index (χ2n) is 5.49. The molecule has 118 valence electrons. The molecule has 4 rings (SSSR count). The van der Waals surface area contributed by atoms with Crippen LogP contribution in [0.4, 0.5) is 5.82 Å². The smallest absolute Gasteiger partial charge is 0.148 e. The Morgan fingerprint density at radius 2 is 1.88 bits per heavy atom. The molecule has 3 heterocycles. The van der Waals surface area contributed by atoms with Crippen molar-refractivity contribution in [1.29, 1.82) is 0 Å². The molecule has 0 aliphatic rings. The van der Waals surface area contributed by atoms with Crippen molar-refractivity contribution < 1.29 is 0 Å². The van der Waals surface area contributed by atoms with Crippen LogP contribution < -0.4 is 5.32 Å². The Morgan fingerprint density at radius 1 is 1.04 bits per heavy atom. The number of nitrogens with one attached hydrogen (secondary N) is 1. The molecule has 6 nitrogen and oxygen atoms in total. The number of rotatable bonds is 4. The number of imidazole rings is 1. The van der Waals surface area contributed by atoms with E-state index in [1.165, 1.54) is 0 Å². The molecule has 0 saturated heterocycles. The highest BCUT2D eigenvalue weighted by molar-refractivity contribution is 5.76. The van der Waals surface area contributed by atoms with Crippen molar-refractivity contribution in [2.24, 2.45) is 0 Å². The molecule has 0 fully saturated rings. The van der Waals surface area contributed by atoms with Gasteiger partial charge in [-0.1, -0.05) is 18.2 Å². The van der Waals surface area contributed by atoms with Crippen molar-refractivity contribution in [3.63, 3.8) is 0 Å². The SMILES string of the molecule is Cc1nc2ccccc2nc1NCc1ccc(-n2ccnc2)nc1. The Hall–Kier alpha value is -3.28. The topological polar surface area (TPSA) is 68.5 Å². The van der Waals surface area contributed by atoms with Gasteiger partial charge in [-0.2, -0.15) is 0 Å². The number of para-hydroxylation sites is 2. The maximum atomic E-state index is 4.64. The number of benzene rings is 1. The number of hydrogen-bond acceptors (Lipinski definition) is 5. The Balaban J connectivity index is 1.51. The average molecular weight is 316 g/mol. The Bertz CT molecular complexity index is 961. The zero-order valence-corrected chi connectivity index (χ0v) is 13.2. The van der Waals surface area contributed by atoms with Gasteiger partial charge in [0, 0.05) is 25.1 Å². The fraction of sp³-hybridized carbons (Fsp3) is 0.111. The van der Waals surface area contributed by atoms with Crippen molar-refractivity contribution in [3.8, 4) is 5.82 Å². The zero-order valence-electron chi connectivity index (χ0n) is 13.2. The summed E-state index contributed by atoms with van der Waals surface area (Å²) in [6, 6.07) is 11.9. The number of aromatic nitrogens is 5. The highest BCUT2D eigenvalue weighted by Crippen LogP contribution is 2.16. The second kappa shape index (κ2) is 6.08. The zero-order chi connectivity index (χ0) is 16.4. The summed E-state index contributed by atoms with van der Waals surface area (Å²) in [5.74, 6) is 1.64. The van der Waals surface area contributed by atoms with Gasteiger partial charge >= 0.3 is 0 Å². The van der Waals surface area contributed by atoms with E-state index in [9.17, 15) is 0 Å². The van der Waals surface area contributed by atoms with Crippen LogP contribution in [0.2, 0.25) is 0 Å². The van der Waals surface area contributed by atoms with E-state index < -0.39 is 0 Å². The van der Waals surface area contributed by atoms with Gasteiger partial charge in [-0.05, 0) is 30.7 Å². The van der Waals surface area contributed by atoms with E-state index in [1.807, 2.05) is 60.3 Å². The second-order valence-corrected chi connectivity index (χ2v) is 5.49. The first kappa shape index (κ1) is 14.3. The average Bonchev–Trinajstić information content (AvgIpc) is 3.15. The number of anilines is 1. The van der Waals surface area contributed by atoms with E-state index in [4.69, 9.17) is 0 Å². The van der Waals surface area contributed by atoms with Gasteiger partial charge in [-0.3, -0.25) is 4.57 Å². The van der Waals surface area contributed by atoms with Crippen LogP contribution >= 0.6 is 0 Å². The molecule has 1 N–H and O–H groups in total. The molecule has 0 aliphatic carbocycles. The lowest BCUT2D eigenvalue weighted by Gasteiger charge is -2.10. The normalized spacial score (nSPS) is 10.9. The van der Waals surface area contributed by atoms with Gasteiger partial charge in [0.05, 0.1) is 16.7 Å². The summed E-state index contributed by atoms with van der Waals surface area (Å²) in [4.78, 5) is 17.7. The summed E-state index contributed by atoms with van der Waals surface area (Å²) in [6.45, 7) is 2.60. The van der Waals surface area contributed by atoms with E-state index in [-0.39, 0.29) is 0 Å². The van der Waals surface area contributed by atoms with Crippen molar-refractivity contribution in [2.75, 3.05) is 5.32 Å². The minimum atomic E-state index is 0.644. The molecule has 0 aliphatic heterocycles. The monoisotopic (exact) mass is 316 g/mol. The van der Waals surface area contributed by atoms with Gasteiger partial charge in [0.25, 0.3) is 0 Å². The fourth-order valence-corrected chi connectivity index (χ4v) is 2.51. The van der Waals surface area contributed by atoms with Crippen molar-refractivity contribution in [3.05, 3.63) is 72.6 Å². The summed E-state index contributed by atoms with van der Waals surface area (Å²) in [6.07, 6.45) is 7.19. The molecule has 3 aromatic heterocycles. The molecular weight excluding hydrogens is 300 g/mol. The quantitative estimate of drug-likeness (QED) is 0.626. The third-order valence-electron chi connectivity index (χ3n) is 3.78. The van der Waals surface area contributed by atoms with E-state index in [2.05, 4.69) is 25.3 Å². The Kier molecular flexibility index (Phi) is 3.63. The van der Waals surface area contributed by atoms with Gasteiger partial charge < -0.3 is 5.32 Å². The Labute approximate surface area is 139 Å². The number of pyridine rings is 1. The van der Waals surface area contributed by atoms with Gasteiger partial charge in [0.15, 0.2) is 0 Å². The number of nitrogens with zero attached hydrogens (tertiary/aromatic N) is 5. The largest absolute Gasteiger partial charge is 0.364 e. The van der Waals surface area contributed by atoms with Crippen molar-refractivity contribution in [2.45, 2.75) is 13.5 Å². The van der Waals surface area contributed by atoms with E-state index >= 15 is 0 Å². The first-order chi connectivity index (χ1) is 11.8. The predicted octanol–water partition coefficient (Wildman–Crippen LogP) is 3.13. The maximum absolute atomic E-state index is 4.64. The summed E-state index contributed by atoms with van der Waals surface area (Å²) < 4.78 is 1.87. The number of aryl methyl sites for hydroxylation is 1. The van der Waals surface area contributed by atoms with Crippen molar-refractivity contribution in [1.82, 2.24) is 24.5 Å². The molecule has 0 spiro atoms. The molecule has 0 bridgehead atoms. The molecular formula is C18H16N6. The summed E-state index contributed by atoms with van der Waals surface area (Å²) in [5, 5.41) is 3.34. The molecule has 0 atom stereocenters. The highest BCUT2D eigenvalue weighted by atomic mass is 15.1. The lowest BCUT2D eigenvalue weighted by atomic mass is 10.2. The highest BCUT2D eigenvalue weighted by Gasteiger charge is 2.05. The molecule has 24 heavy (non-hydrogen) atoms. The summed E-state index contributed by atoms with van der Waals surface area (Å²) in [5.41, 5.74) is 3.76. The molecule has 1 aromatic carbocycles. The molecule has 0 saturated carbocycles. The van der Waals surface area contributed by atoms with Crippen LogP contribution in [0, 0.1) is 6.92 Å². The van der Waals surface area contributed by atoms with Gasteiger partial charge in [0.1, 0.15) is 18.0 Å². The van der Waals surface area contributed by atoms with Gasteiger partial charge in [-0.15, -0.1) is 0 Å². The lowest BCUT2D eigenvalue weighted by Crippen LogP contribution is -2.05. The van der Waals surface area contributed by atoms with Crippen LogP contribution in [-0.2, 0) is 6.54 Å². The first-order valence-corrected chi connectivity index (χ1v) is 7.70. The van der Waals surface area contributed by atoms with Crippen LogP contribution in [0.3, 0.4) is 0 Å². The minimum absolute atomic E-state index is 0.644. The lowest BCUT2D eigenvalue weighted by molar-refractivity contribution is 0.975. The number of fused-ring (bicyclic) bond motifs is 1. The van der Waals surface area contributed by atoms with Gasteiger partial charge in [0.2, 0.25) is 0 Å². The van der Waals surface area contributed by atoms with Crippen LogP contribution in [0.25, 0.3) is 16.9 Å². The summed E-state index contributed by atoms with van der Waals surface area (Å²) in [7, 11) is 0. The van der Waals surface area contributed by atoms with Crippen LogP contribution in [0.15, 0.2) is 61.3 Å². The van der Waals surface area contributed by atoms with E-state index in [0.29, 0.717) is 6.54 Å². The third-order valence-corrected chi connectivity index (χ3v) is 3.78. The van der Waals surface area contributed by atoms with Crippen LogP contribution in [0.5, 0.6) is 0 Å². The fourth-order valence-electron chi connectivity index (χ4n) is 2.51. The third kappa shape index (κ3) is 2.81. The van der Waals surface area contributed by atoms with Crippen LogP contribution in [0.1, 0.15) is 11.3 Å².